The summed E-state index contributed by atoms with van der Waals surface area (Å²) in [7, 11) is 0. The van der Waals surface area contributed by atoms with Gasteiger partial charge in [-0.1, -0.05) is 15.9 Å². The standard InChI is InChI=1S/C13H14BrF2N3O/c14-11-2-3-12(20-13(15)16)10(8-11)9-17-5-7-19-6-1-4-18-19/h1-4,6,8,13,17H,5,7,9H2. The molecule has 2 aromatic rings. The summed E-state index contributed by atoms with van der Waals surface area (Å²) in [5.74, 6) is 0.190. The average molecular weight is 346 g/mol. The largest absolute Gasteiger partial charge is 0.434 e. The first-order valence-electron chi connectivity index (χ1n) is 6.06. The van der Waals surface area contributed by atoms with Crippen LogP contribution < -0.4 is 10.1 Å². The number of alkyl halides is 2. The van der Waals surface area contributed by atoms with Crippen LogP contribution in [0.5, 0.6) is 5.75 Å². The Morgan fingerprint density at radius 3 is 2.95 bits per heavy atom. The van der Waals surface area contributed by atoms with E-state index in [1.54, 1.807) is 23.0 Å². The van der Waals surface area contributed by atoms with E-state index in [4.69, 9.17) is 0 Å². The van der Waals surface area contributed by atoms with E-state index in [1.165, 1.54) is 6.07 Å². The van der Waals surface area contributed by atoms with Gasteiger partial charge in [0.25, 0.3) is 0 Å². The van der Waals surface area contributed by atoms with Crippen LogP contribution in [0.2, 0.25) is 0 Å². The topological polar surface area (TPSA) is 39.1 Å². The van der Waals surface area contributed by atoms with E-state index in [9.17, 15) is 8.78 Å². The first-order chi connectivity index (χ1) is 9.65. The van der Waals surface area contributed by atoms with Crippen LogP contribution >= 0.6 is 15.9 Å². The molecule has 1 aromatic heterocycles. The normalized spacial score (nSPS) is 11.0. The fourth-order valence-corrected chi connectivity index (χ4v) is 2.15. The SMILES string of the molecule is FC(F)Oc1ccc(Br)cc1CNCCn1cccn1. The highest BCUT2D eigenvalue weighted by Crippen LogP contribution is 2.24. The average Bonchev–Trinajstić information content (AvgIpc) is 2.90. The van der Waals surface area contributed by atoms with E-state index in [0.717, 1.165) is 4.47 Å². The van der Waals surface area contributed by atoms with Gasteiger partial charge in [0.2, 0.25) is 0 Å². The van der Waals surface area contributed by atoms with Gasteiger partial charge in [-0.15, -0.1) is 0 Å². The van der Waals surface area contributed by atoms with Gasteiger partial charge in [-0.2, -0.15) is 13.9 Å². The lowest BCUT2D eigenvalue weighted by Crippen LogP contribution is -2.20. The molecule has 0 bridgehead atoms. The number of aromatic nitrogens is 2. The Morgan fingerprint density at radius 2 is 2.25 bits per heavy atom. The highest BCUT2D eigenvalue weighted by molar-refractivity contribution is 9.10. The Kier molecular flexibility index (Phi) is 5.49. The smallest absolute Gasteiger partial charge is 0.387 e. The summed E-state index contributed by atoms with van der Waals surface area (Å²) >= 11 is 3.32. The number of hydrogen-bond acceptors (Lipinski definition) is 3. The van der Waals surface area contributed by atoms with Gasteiger partial charge in [0.05, 0.1) is 6.54 Å². The first-order valence-corrected chi connectivity index (χ1v) is 6.86. The predicted octanol–water partition coefficient (Wildman–Crippen LogP) is 3.04. The Labute approximate surface area is 123 Å². The summed E-state index contributed by atoms with van der Waals surface area (Å²) in [6.45, 7) is -0.976. The van der Waals surface area contributed by atoms with Crippen molar-refractivity contribution in [1.29, 1.82) is 0 Å². The molecule has 1 heterocycles. The second-order valence-corrected chi connectivity index (χ2v) is 4.99. The van der Waals surface area contributed by atoms with Gasteiger partial charge in [0.1, 0.15) is 5.75 Å². The predicted molar refractivity (Wildman–Crippen MR) is 74.7 cm³/mol. The molecule has 1 aromatic carbocycles. The molecule has 0 atom stereocenters. The molecule has 1 N–H and O–H groups in total. The molecule has 0 saturated carbocycles. The zero-order chi connectivity index (χ0) is 14.4. The molecule has 0 amide bonds. The van der Waals surface area contributed by atoms with Gasteiger partial charge in [0, 0.05) is 35.5 Å². The highest BCUT2D eigenvalue weighted by Gasteiger charge is 2.09. The number of benzene rings is 1. The van der Waals surface area contributed by atoms with Crippen molar-refractivity contribution in [3.05, 3.63) is 46.7 Å². The molecule has 0 saturated heterocycles. The summed E-state index contributed by atoms with van der Waals surface area (Å²) < 4.78 is 31.7. The van der Waals surface area contributed by atoms with E-state index in [2.05, 4.69) is 31.1 Å². The van der Waals surface area contributed by atoms with Crippen molar-refractivity contribution in [2.75, 3.05) is 6.54 Å². The number of rotatable bonds is 7. The van der Waals surface area contributed by atoms with Gasteiger partial charge in [-0.3, -0.25) is 4.68 Å². The lowest BCUT2D eigenvalue weighted by Gasteiger charge is -2.12. The van der Waals surface area contributed by atoms with Gasteiger partial charge >= 0.3 is 6.61 Å². The Balaban J connectivity index is 1.88. The van der Waals surface area contributed by atoms with Gasteiger partial charge in [-0.05, 0) is 24.3 Å². The number of nitrogens with zero attached hydrogens (tertiary/aromatic N) is 2. The minimum absolute atomic E-state index is 0.190. The lowest BCUT2D eigenvalue weighted by atomic mass is 10.2. The molecule has 0 aliphatic heterocycles. The number of nitrogens with one attached hydrogen (secondary N) is 1. The maximum atomic E-state index is 12.3. The molecule has 0 radical (unpaired) electrons. The van der Waals surface area contributed by atoms with Crippen molar-refractivity contribution < 1.29 is 13.5 Å². The highest BCUT2D eigenvalue weighted by atomic mass is 79.9. The summed E-state index contributed by atoms with van der Waals surface area (Å²) in [5.41, 5.74) is 0.681. The van der Waals surface area contributed by atoms with Crippen LogP contribution in [0.15, 0.2) is 41.1 Å². The molecule has 7 heteroatoms. The van der Waals surface area contributed by atoms with E-state index >= 15 is 0 Å². The van der Waals surface area contributed by atoms with Crippen LogP contribution in [0.1, 0.15) is 5.56 Å². The Hall–Kier alpha value is -1.47. The molecular formula is C13H14BrF2N3O. The van der Waals surface area contributed by atoms with Crippen LogP contribution in [0, 0.1) is 0 Å². The van der Waals surface area contributed by atoms with E-state index in [-0.39, 0.29) is 5.75 Å². The quantitative estimate of drug-likeness (QED) is 0.784. The molecule has 0 aliphatic rings. The maximum absolute atomic E-state index is 12.3. The van der Waals surface area contributed by atoms with Crippen molar-refractivity contribution >= 4 is 15.9 Å². The fraction of sp³-hybridized carbons (Fsp3) is 0.308. The second kappa shape index (κ2) is 7.35. The molecule has 0 fully saturated rings. The molecule has 0 spiro atoms. The van der Waals surface area contributed by atoms with Crippen molar-refractivity contribution in [1.82, 2.24) is 15.1 Å². The lowest BCUT2D eigenvalue weighted by molar-refractivity contribution is -0.0505. The zero-order valence-corrected chi connectivity index (χ0v) is 12.2. The monoisotopic (exact) mass is 345 g/mol. The second-order valence-electron chi connectivity index (χ2n) is 4.08. The van der Waals surface area contributed by atoms with Crippen molar-refractivity contribution in [2.24, 2.45) is 0 Å². The Morgan fingerprint density at radius 1 is 1.40 bits per heavy atom. The molecule has 0 aliphatic carbocycles. The molecule has 108 valence electrons. The summed E-state index contributed by atoms with van der Waals surface area (Å²) in [4.78, 5) is 0. The third-order valence-electron chi connectivity index (χ3n) is 2.63. The van der Waals surface area contributed by atoms with Crippen LogP contribution in [0.4, 0.5) is 8.78 Å². The van der Waals surface area contributed by atoms with Crippen molar-refractivity contribution in [3.63, 3.8) is 0 Å². The van der Waals surface area contributed by atoms with Crippen LogP contribution in [0.25, 0.3) is 0 Å². The molecule has 4 nitrogen and oxygen atoms in total. The molecular weight excluding hydrogens is 332 g/mol. The van der Waals surface area contributed by atoms with Gasteiger partial charge < -0.3 is 10.1 Å². The third kappa shape index (κ3) is 4.57. The minimum atomic E-state index is -2.82. The number of ether oxygens (including phenoxy) is 1. The van der Waals surface area contributed by atoms with E-state index in [0.29, 0.717) is 25.2 Å². The number of hydrogen-bond donors (Lipinski definition) is 1. The third-order valence-corrected chi connectivity index (χ3v) is 3.12. The molecule has 0 unspecified atom stereocenters. The minimum Gasteiger partial charge on any atom is -0.434 e. The van der Waals surface area contributed by atoms with Crippen molar-refractivity contribution in [3.8, 4) is 5.75 Å². The molecule has 2 rings (SSSR count). The van der Waals surface area contributed by atoms with Crippen molar-refractivity contribution in [2.45, 2.75) is 19.7 Å². The first kappa shape index (κ1) is 14.9. The van der Waals surface area contributed by atoms with Crippen LogP contribution in [-0.2, 0) is 13.1 Å². The number of halogens is 3. The van der Waals surface area contributed by atoms with E-state index < -0.39 is 6.61 Å². The summed E-state index contributed by atoms with van der Waals surface area (Å²) in [6, 6.07) is 6.81. The maximum Gasteiger partial charge on any atom is 0.387 e. The summed E-state index contributed by atoms with van der Waals surface area (Å²) in [6.07, 6.45) is 3.58. The summed E-state index contributed by atoms with van der Waals surface area (Å²) in [5, 5.41) is 7.25. The van der Waals surface area contributed by atoms with Gasteiger partial charge in [0.15, 0.2) is 0 Å². The Bertz CT molecular complexity index is 534. The van der Waals surface area contributed by atoms with Crippen LogP contribution in [0.3, 0.4) is 0 Å². The fourth-order valence-electron chi connectivity index (χ4n) is 1.75. The zero-order valence-electron chi connectivity index (χ0n) is 10.6. The van der Waals surface area contributed by atoms with Gasteiger partial charge in [-0.25, -0.2) is 0 Å². The van der Waals surface area contributed by atoms with Crippen LogP contribution in [-0.4, -0.2) is 22.9 Å². The van der Waals surface area contributed by atoms with E-state index in [1.807, 2.05) is 12.3 Å². The molecule has 20 heavy (non-hydrogen) atoms.